The van der Waals surface area contributed by atoms with E-state index in [1.54, 1.807) is 0 Å². The van der Waals surface area contributed by atoms with Gasteiger partial charge in [0.15, 0.2) is 0 Å². The summed E-state index contributed by atoms with van der Waals surface area (Å²) in [4.78, 5) is 0. The summed E-state index contributed by atoms with van der Waals surface area (Å²) in [6.07, 6.45) is 5.36. The monoisotopic (exact) mass is 160 g/mol. The largest absolute Gasteiger partial charge is 0.312 e. The zero-order valence-corrected chi connectivity index (χ0v) is 6.87. The van der Waals surface area contributed by atoms with E-state index in [1.807, 2.05) is 0 Å². The first-order valence-electron chi connectivity index (χ1n) is 2.91. The quantitative estimate of drug-likeness (QED) is 0.325. The highest BCUT2D eigenvalue weighted by molar-refractivity contribution is 8.48. The van der Waals surface area contributed by atoms with Crippen LogP contribution in [0.2, 0.25) is 0 Å². The summed E-state index contributed by atoms with van der Waals surface area (Å²) >= 11 is 4.02. The Kier molecular flexibility index (Phi) is 1.94. The second-order valence-corrected chi connectivity index (χ2v) is 7.10. The van der Waals surface area contributed by atoms with Crippen LogP contribution in [-0.2, 0) is 4.57 Å². The van der Waals surface area contributed by atoms with Crippen LogP contribution in [0.3, 0.4) is 0 Å². The van der Waals surface area contributed by atoms with Gasteiger partial charge in [0.05, 0.1) is 0 Å². The van der Waals surface area contributed by atoms with Crippen molar-refractivity contribution < 1.29 is 4.57 Å². The van der Waals surface area contributed by atoms with E-state index in [4.69, 9.17) is 6.42 Å². The van der Waals surface area contributed by atoms with Crippen molar-refractivity contribution in [2.75, 3.05) is 12.3 Å². The van der Waals surface area contributed by atoms with Crippen LogP contribution in [0.25, 0.3) is 0 Å². The molecule has 0 spiro atoms. The van der Waals surface area contributed by atoms with Gasteiger partial charge < -0.3 is 4.57 Å². The first-order chi connectivity index (χ1) is 4.14. The van der Waals surface area contributed by atoms with Crippen molar-refractivity contribution in [2.24, 2.45) is 5.92 Å². The number of hydrogen-bond donors (Lipinski definition) is 1. The van der Waals surface area contributed by atoms with Crippen molar-refractivity contribution in [3.05, 3.63) is 0 Å². The molecule has 2 unspecified atom stereocenters. The molecule has 0 aromatic carbocycles. The normalized spacial score (nSPS) is 42.4. The molecule has 50 valence electrons. The number of thiol groups is 1. The predicted molar refractivity (Wildman–Crippen MR) is 43.3 cm³/mol. The zero-order chi connectivity index (χ0) is 6.91. The first kappa shape index (κ1) is 7.25. The topological polar surface area (TPSA) is 17.1 Å². The second kappa shape index (κ2) is 2.40. The van der Waals surface area contributed by atoms with Crippen LogP contribution in [0, 0.1) is 18.3 Å². The van der Waals surface area contributed by atoms with Crippen molar-refractivity contribution in [1.29, 1.82) is 0 Å². The Hall–Kier alpha value is 0.140. The van der Waals surface area contributed by atoms with Gasteiger partial charge in [-0.15, -0.1) is 24.6 Å². The van der Waals surface area contributed by atoms with E-state index in [-0.39, 0.29) is 5.92 Å². The maximum absolute atomic E-state index is 11.2. The van der Waals surface area contributed by atoms with Crippen molar-refractivity contribution in [3.8, 4) is 12.3 Å². The molecule has 2 atom stereocenters. The van der Waals surface area contributed by atoms with Crippen LogP contribution in [0.1, 0.15) is 6.42 Å². The van der Waals surface area contributed by atoms with Crippen LogP contribution in [0.5, 0.6) is 0 Å². The summed E-state index contributed by atoms with van der Waals surface area (Å²) in [6, 6.07) is 0. The van der Waals surface area contributed by atoms with Crippen molar-refractivity contribution in [2.45, 2.75) is 6.42 Å². The van der Waals surface area contributed by atoms with Gasteiger partial charge in [0.25, 0.3) is 0 Å². The molecule has 0 saturated carbocycles. The highest BCUT2D eigenvalue weighted by Gasteiger charge is 2.29. The smallest absolute Gasteiger partial charge is 0.137 e. The van der Waals surface area contributed by atoms with Crippen LogP contribution >= 0.6 is 18.6 Å². The third-order valence-corrected chi connectivity index (χ3v) is 4.63. The third kappa shape index (κ3) is 1.78. The maximum Gasteiger partial charge on any atom is 0.137 e. The van der Waals surface area contributed by atoms with Crippen molar-refractivity contribution in [3.63, 3.8) is 0 Å². The SMILES string of the molecule is C#CC1CCP(=O)(S)C1. The highest BCUT2D eigenvalue weighted by atomic mass is 32.7. The molecule has 1 aliphatic heterocycles. The third-order valence-electron chi connectivity index (χ3n) is 1.57. The summed E-state index contributed by atoms with van der Waals surface area (Å²) in [5.41, 5.74) is 0. The molecule has 1 saturated heterocycles. The fraction of sp³-hybridized carbons (Fsp3) is 0.667. The molecule has 0 radical (unpaired) electrons. The minimum absolute atomic E-state index is 0.230. The van der Waals surface area contributed by atoms with E-state index in [9.17, 15) is 4.57 Å². The van der Waals surface area contributed by atoms with Gasteiger partial charge in [-0.25, -0.2) is 0 Å². The lowest BCUT2D eigenvalue weighted by Gasteiger charge is -1.98. The Balaban J connectivity index is 2.60. The maximum atomic E-state index is 11.2. The fourth-order valence-electron chi connectivity index (χ4n) is 1.02. The Bertz CT molecular complexity index is 194. The van der Waals surface area contributed by atoms with Crippen LogP contribution in [0.4, 0.5) is 0 Å². The molecule has 0 aromatic heterocycles. The Morgan fingerprint density at radius 3 is 2.67 bits per heavy atom. The summed E-state index contributed by atoms with van der Waals surface area (Å²) in [6.45, 7) is 0. The molecule has 9 heavy (non-hydrogen) atoms. The first-order valence-corrected chi connectivity index (χ1v) is 6.14. The number of rotatable bonds is 0. The van der Waals surface area contributed by atoms with E-state index in [2.05, 4.69) is 18.2 Å². The van der Waals surface area contributed by atoms with E-state index in [1.165, 1.54) is 0 Å². The van der Waals surface area contributed by atoms with Crippen LogP contribution in [0.15, 0.2) is 0 Å². The van der Waals surface area contributed by atoms with Crippen molar-refractivity contribution in [1.82, 2.24) is 0 Å². The fourth-order valence-corrected chi connectivity index (χ4v) is 3.83. The Morgan fingerprint density at radius 1 is 1.78 bits per heavy atom. The van der Waals surface area contributed by atoms with Gasteiger partial charge >= 0.3 is 0 Å². The molecule has 1 rings (SSSR count). The molecule has 1 nitrogen and oxygen atoms in total. The summed E-state index contributed by atoms with van der Waals surface area (Å²) in [5, 5.41) is 0. The van der Waals surface area contributed by atoms with Crippen LogP contribution in [-0.4, -0.2) is 12.3 Å². The Morgan fingerprint density at radius 2 is 2.44 bits per heavy atom. The molecule has 1 heterocycles. The molecular weight excluding hydrogens is 151 g/mol. The molecule has 0 N–H and O–H groups in total. The van der Waals surface area contributed by atoms with Gasteiger partial charge in [-0.2, -0.15) is 0 Å². The molecule has 0 aromatic rings. The lowest BCUT2D eigenvalue weighted by molar-refractivity contribution is 0.588. The molecule has 0 bridgehead atoms. The van der Waals surface area contributed by atoms with E-state index in [0.29, 0.717) is 6.16 Å². The molecule has 1 fully saturated rings. The lowest BCUT2D eigenvalue weighted by atomic mass is 10.1. The van der Waals surface area contributed by atoms with E-state index >= 15 is 0 Å². The summed E-state index contributed by atoms with van der Waals surface area (Å²) in [7, 11) is 0. The van der Waals surface area contributed by atoms with Gasteiger partial charge in [0, 0.05) is 18.2 Å². The van der Waals surface area contributed by atoms with E-state index in [0.717, 1.165) is 12.6 Å². The standard InChI is InChI=1S/C6H9OPS/c1-2-6-3-4-8(7,9)5-6/h1,6H,3-5H2,(H,7,9). The number of terminal acetylenes is 1. The Labute approximate surface area is 60.8 Å². The van der Waals surface area contributed by atoms with Gasteiger partial charge in [-0.05, 0) is 6.42 Å². The molecule has 3 heteroatoms. The lowest BCUT2D eigenvalue weighted by Crippen LogP contribution is -1.90. The minimum Gasteiger partial charge on any atom is -0.312 e. The second-order valence-electron chi connectivity index (χ2n) is 2.40. The molecular formula is C6H9OPS. The summed E-state index contributed by atoms with van der Waals surface area (Å²) < 4.78 is 11.2. The van der Waals surface area contributed by atoms with E-state index < -0.39 is 6.34 Å². The highest BCUT2D eigenvalue weighted by Crippen LogP contribution is 2.57. The van der Waals surface area contributed by atoms with Crippen LogP contribution < -0.4 is 0 Å². The predicted octanol–water partition coefficient (Wildman–Crippen LogP) is 1.85. The zero-order valence-electron chi connectivity index (χ0n) is 5.08. The molecule has 1 aliphatic rings. The van der Waals surface area contributed by atoms with Gasteiger partial charge in [-0.3, -0.25) is 0 Å². The van der Waals surface area contributed by atoms with Gasteiger partial charge in [0.1, 0.15) is 6.34 Å². The van der Waals surface area contributed by atoms with Crippen molar-refractivity contribution >= 4 is 18.6 Å². The van der Waals surface area contributed by atoms with Gasteiger partial charge in [0.2, 0.25) is 0 Å². The number of hydrogen-bond acceptors (Lipinski definition) is 1. The minimum atomic E-state index is -2.06. The average Bonchev–Trinajstić information content (AvgIpc) is 2.10. The molecule has 0 amide bonds. The van der Waals surface area contributed by atoms with Gasteiger partial charge in [-0.1, -0.05) is 0 Å². The molecule has 0 aliphatic carbocycles. The summed E-state index contributed by atoms with van der Waals surface area (Å²) in [5.74, 6) is 2.83. The average molecular weight is 160 g/mol.